The van der Waals surface area contributed by atoms with Crippen LogP contribution in [0.2, 0.25) is 0 Å². The monoisotopic (exact) mass is 290 g/mol. The van der Waals surface area contributed by atoms with Crippen LogP contribution in [-0.4, -0.2) is 46.8 Å². The molecule has 2 bridgehead atoms. The van der Waals surface area contributed by atoms with Crippen LogP contribution < -0.4 is 10.2 Å². The van der Waals surface area contributed by atoms with E-state index in [0.717, 1.165) is 0 Å². The highest BCUT2D eigenvalue weighted by molar-refractivity contribution is 5.76. The van der Waals surface area contributed by atoms with E-state index in [4.69, 9.17) is 0 Å². The number of rotatable bonds is 2. The highest BCUT2D eigenvalue weighted by Gasteiger charge is 2.56. The number of alkyl halides is 3. The number of carbonyl (C=O) groups is 1. The van der Waals surface area contributed by atoms with Gasteiger partial charge in [-0.25, -0.2) is 4.79 Å². The van der Waals surface area contributed by atoms with Crippen molar-refractivity contribution in [1.82, 2.24) is 15.1 Å². The molecular weight excluding hydrogens is 277 g/mol. The Morgan fingerprint density at radius 3 is 2.85 bits per heavy atom. The van der Waals surface area contributed by atoms with Crippen molar-refractivity contribution in [3.8, 4) is 0 Å². The molecule has 0 spiro atoms. The fraction of sp³-hybridized carbons (Fsp3) is 0.636. The molecule has 0 saturated carbocycles. The Labute approximate surface area is 112 Å². The SMILES string of the molecule is Cn1ccc(N2CC3CC(OC(=O)C(F)(F)F)(C2)N3)n1. The number of esters is 1. The molecular formula is C11H13F3N4O2. The molecule has 6 nitrogen and oxygen atoms in total. The van der Waals surface area contributed by atoms with Crippen molar-refractivity contribution in [2.45, 2.75) is 24.4 Å². The van der Waals surface area contributed by atoms with Crippen LogP contribution in [-0.2, 0) is 16.6 Å². The van der Waals surface area contributed by atoms with Gasteiger partial charge < -0.3 is 9.64 Å². The third-order valence-corrected chi connectivity index (χ3v) is 3.47. The number of halogens is 3. The molecule has 9 heteroatoms. The third kappa shape index (κ3) is 2.21. The number of piperidine rings is 1. The van der Waals surface area contributed by atoms with Crippen molar-refractivity contribution in [3.05, 3.63) is 12.3 Å². The van der Waals surface area contributed by atoms with Gasteiger partial charge in [-0.15, -0.1) is 0 Å². The maximum Gasteiger partial charge on any atom is 0.490 e. The zero-order chi connectivity index (χ0) is 14.5. The fourth-order valence-corrected chi connectivity index (χ4v) is 2.69. The molecule has 110 valence electrons. The summed E-state index contributed by atoms with van der Waals surface area (Å²) in [5.74, 6) is -1.50. The van der Waals surface area contributed by atoms with Gasteiger partial charge in [0.05, 0.1) is 6.54 Å². The normalized spacial score (nSPS) is 29.0. The Morgan fingerprint density at radius 1 is 1.60 bits per heavy atom. The van der Waals surface area contributed by atoms with E-state index >= 15 is 0 Å². The van der Waals surface area contributed by atoms with E-state index in [2.05, 4.69) is 15.2 Å². The number of ether oxygens (including phenoxy) is 1. The second-order valence-corrected chi connectivity index (χ2v) is 5.16. The molecule has 3 aliphatic rings. The second kappa shape index (κ2) is 4.11. The van der Waals surface area contributed by atoms with E-state index in [9.17, 15) is 18.0 Å². The van der Waals surface area contributed by atoms with Gasteiger partial charge in [-0.05, 0) is 0 Å². The lowest BCUT2D eigenvalue weighted by Crippen LogP contribution is -2.77. The Hall–Kier alpha value is -1.77. The van der Waals surface area contributed by atoms with E-state index in [1.807, 2.05) is 4.90 Å². The van der Waals surface area contributed by atoms with Crippen LogP contribution in [0.5, 0.6) is 0 Å². The van der Waals surface area contributed by atoms with Crippen LogP contribution in [0.3, 0.4) is 0 Å². The molecule has 0 aliphatic carbocycles. The van der Waals surface area contributed by atoms with E-state index in [-0.39, 0.29) is 12.6 Å². The highest BCUT2D eigenvalue weighted by atomic mass is 19.4. The van der Waals surface area contributed by atoms with E-state index in [1.54, 1.807) is 24.0 Å². The van der Waals surface area contributed by atoms with Crippen molar-refractivity contribution >= 4 is 11.8 Å². The molecule has 2 atom stereocenters. The lowest BCUT2D eigenvalue weighted by molar-refractivity contribution is -0.229. The molecule has 0 radical (unpaired) electrons. The summed E-state index contributed by atoms with van der Waals surface area (Å²) in [6.07, 6.45) is -2.84. The number of anilines is 1. The Bertz CT molecular complexity index is 536. The number of piperazine rings is 1. The minimum atomic E-state index is -4.98. The number of hydrogen-bond acceptors (Lipinski definition) is 5. The number of nitrogens with one attached hydrogen (secondary N) is 1. The molecule has 1 aromatic rings. The molecule has 3 fully saturated rings. The Morgan fingerprint density at radius 2 is 2.30 bits per heavy atom. The first-order chi connectivity index (χ1) is 9.27. The maximum atomic E-state index is 12.3. The van der Waals surface area contributed by atoms with Gasteiger partial charge in [0, 0.05) is 38.3 Å². The number of fused-ring (bicyclic) bond motifs is 2. The lowest BCUT2D eigenvalue weighted by Gasteiger charge is -2.55. The summed E-state index contributed by atoms with van der Waals surface area (Å²) >= 11 is 0. The van der Waals surface area contributed by atoms with Crippen molar-refractivity contribution in [1.29, 1.82) is 0 Å². The lowest BCUT2D eigenvalue weighted by atomic mass is 9.87. The van der Waals surface area contributed by atoms with E-state index < -0.39 is 17.9 Å². The van der Waals surface area contributed by atoms with Crippen LogP contribution in [0.4, 0.5) is 19.0 Å². The topological polar surface area (TPSA) is 59.4 Å². The van der Waals surface area contributed by atoms with Gasteiger partial charge >= 0.3 is 12.1 Å². The Balaban J connectivity index is 1.71. The van der Waals surface area contributed by atoms with Gasteiger partial charge in [0.15, 0.2) is 11.5 Å². The van der Waals surface area contributed by atoms with Crippen LogP contribution >= 0.6 is 0 Å². The number of aryl methyl sites for hydroxylation is 1. The quantitative estimate of drug-likeness (QED) is 0.799. The summed E-state index contributed by atoms with van der Waals surface area (Å²) in [4.78, 5) is 12.8. The maximum absolute atomic E-state index is 12.3. The number of aromatic nitrogens is 2. The standard InChI is InChI=1S/C11H13F3N4O2/c1-17-3-2-8(16-17)18-5-7-4-10(6-18,15-7)20-9(19)11(12,13)14/h2-3,7,15H,4-6H2,1H3. The molecule has 4 heterocycles. The predicted molar refractivity (Wildman–Crippen MR) is 61.8 cm³/mol. The minimum absolute atomic E-state index is 0.00629. The molecule has 1 aromatic heterocycles. The summed E-state index contributed by atoms with van der Waals surface area (Å²) < 4.78 is 43.1. The van der Waals surface area contributed by atoms with Crippen molar-refractivity contribution in [2.75, 3.05) is 18.0 Å². The number of nitrogens with zero attached hydrogens (tertiary/aromatic N) is 3. The molecule has 4 rings (SSSR count). The summed E-state index contributed by atoms with van der Waals surface area (Å²) in [6.45, 7) is 0.782. The average Bonchev–Trinajstić information content (AvgIpc) is 2.73. The van der Waals surface area contributed by atoms with E-state index in [1.165, 1.54) is 0 Å². The largest absolute Gasteiger partial charge is 0.490 e. The zero-order valence-corrected chi connectivity index (χ0v) is 10.6. The summed E-state index contributed by atoms with van der Waals surface area (Å²) in [7, 11) is 1.76. The molecule has 1 N–H and O–H groups in total. The first-order valence-corrected chi connectivity index (χ1v) is 6.10. The van der Waals surface area contributed by atoms with Gasteiger partial charge in [-0.1, -0.05) is 0 Å². The van der Waals surface area contributed by atoms with Gasteiger partial charge in [0.2, 0.25) is 0 Å². The molecule has 20 heavy (non-hydrogen) atoms. The molecule has 0 aromatic carbocycles. The van der Waals surface area contributed by atoms with Crippen molar-refractivity contribution < 1.29 is 22.7 Å². The summed E-state index contributed by atoms with van der Waals surface area (Å²) in [5.41, 5.74) is -1.26. The Kier molecular flexibility index (Phi) is 2.72. The van der Waals surface area contributed by atoms with Crippen LogP contribution in [0.15, 0.2) is 12.3 Å². The van der Waals surface area contributed by atoms with Crippen LogP contribution in [0.25, 0.3) is 0 Å². The molecule has 2 unspecified atom stereocenters. The summed E-state index contributed by atoms with van der Waals surface area (Å²) in [6, 6.07) is 1.77. The number of carbonyl (C=O) groups excluding carboxylic acids is 1. The van der Waals surface area contributed by atoms with Gasteiger partial charge in [-0.3, -0.25) is 10.00 Å². The smallest absolute Gasteiger partial charge is 0.435 e. The second-order valence-electron chi connectivity index (χ2n) is 5.16. The molecule has 3 saturated heterocycles. The number of hydrogen-bond donors (Lipinski definition) is 1. The zero-order valence-electron chi connectivity index (χ0n) is 10.6. The summed E-state index contributed by atoms with van der Waals surface area (Å²) in [5, 5.41) is 7.08. The molecule has 0 amide bonds. The molecule has 3 aliphatic heterocycles. The average molecular weight is 290 g/mol. The first kappa shape index (κ1) is 13.2. The van der Waals surface area contributed by atoms with Gasteiger partial charge in [0.25, 0.3) is 0 Å². The van der Waals surface area contributed by atoms with E-state index in [0.29, 0.717) is 18.8 Å². The fourth-order valence-electron chi connectivity index (χ4n) is 2.69. The van der Waals surface area contributed by atoms with Crippen LogP contribution in [0.1, 0.15) is 6.42 Å². The van der Waals surface area contributed by atoms with Crippen molar-refractivity contribution in [3.63, 3.8) is 0 Å². The van der Waals surface area contributed by atoms with Crippen molar-refractivity contribution in [2.24, 2.45) is 7.05 Å². The van der Waals surface area contributed by atoms with Gasteiger partial charge in [-0.2, -0.15) is 18.3 Å². The predicted octanol–water partition coefficient (Wildman–Crippen LogP) is 0.404. The van der Waals surface area contributed by atoms with Crippen LogP contribution in [0, 0.1) is 0 Å². The van der Waals surface area contributed by atoms with Gasteiger partial charge in [0.1, 0.15) is 0 Å². The first-order valence-electron chi connectivity index (χ1n) is 6.10. The third-order valence-electron chi connectivity index (χ3n) is 3.47. The highest BCUT2D eigenvalue weighted by Crippen LogP contribution is 2.36. The minimum Gasteiger partial charge on any atom is -0.435 e.